The molecule has 1 aromatic rings. The fraction of sp³-hybridized carbons (Fsp3) is 0.500. The monoisotopic (exact) mass is 254 g/mol. The maximum atomic E-state index is 11.5. The van der Waals surface area contributed by atoms with Gasteiger partial charge in [-0.1, -0.05) is 0 Å². The van der Waals surface area contributed by atoms with E-state index in [0.717, 1.165) is 0 Å². The van der Waals surface area contributed by atoms with Gasteiger partial charge in [0.2, 0.25) is 0 Å². The van der Waals surface area contributed by atoms with Gasteiger partial charge in [0.15, 0.2) is 0 Å². The van der Waals surface area contributed by atoms with E-state index in [0.29, 0.717) is 12.3 Å². The van der Waals surface area contributed by atoms with Gasteiger partial charge in [0.25, 0.3) is 0 Å². The molecule has 0 aliphatic rings. The van der Waals surface area contributed by atoms with E-state index in [2.05, 4.69) is 10.3 Å². The third-order valence-corrected chi connectivity index (χ3v) is 1.82. The van der Waals surface area contributed by atoms with E-state index < -0.39 is 17.7 Å². The predicted octanol–water partition coefficient (Wildman–Crippen LogP) is 2.54. The van der Waals surface area contributed by atoms with E-state index >= 15 is 0 Å². The van der Waals surface area contributed by atoms with Crippen molar-refractivity contribution in [2.45, 2.75) is 33.3 Å². The molecule has 100 valence electrons. The highest BCUT2D eigenvalue weighted by Gasteiger charge is 2.17. The summed E-state index contributed by atoms with van der Waals surface area (Å²) < 4.78 is 9.89. The minimum atomic E-state index is -0.572. The molecule has 1 amide bonds. The molecular formula is C12H18N2O4. The highest BCUT2D eigenvalue weighted by molar-refractivity contribution is 5.91. The van der Waals surface area contributed by atoms with Gasteiger partial charge in [-0.15, -0.1) is 0 Å². The Bertz CT molecular complexity index is 432. The molecule has 0 saturated heterocycles. The molecule has 0 radical (unpaired) electrons. The van der Waals surface area contributed by atoms with Gasteiger partial charge in [-0.05, 0) is 33.8 Å². The summed E-state index contributed by atoms with van der Waals surface area (Å²) in [4.78, 5) is 25.6. The first-order chi connectivity index (χ1) is 8.31. The molecule has 0 saturated carbocycles. The van der Waals surface area contributed by atoms with E-state index in [4.69, 9.17) is 9.47 Å². The first-order valence-corrected chi connectivity index (χ1v) is 5.67. The molecule has 6 nitrogen and oxygen atoms in total. The molecule has 2 N–H and O–H groups in total. The van der Waals surface area contributed by atoms with Crippen LogP contribution in [0, 0.1) is 0 Å². The van der Waals surface area contributed by atoms with Crippen molar-refractivity contribution in [1.82, 2.24) is 4.98 Å². The minimum Gasteiger partial charge on any atom is -0.461 e. The lowest BCUT2D eigenvalue weighted by Gasteiger charge is -2.19. The second kappa shape index (κ2) is 5.57. The van der Waals surface area contributed by atoms with Crippen LogP contribution in [0.5, 0.6) is 0 Å². The summed E-state index contributed by atoms with van der Waals surface area (Å²) in [5, 5.41) is 2.52. The van der Waals surface area contributed by atoms with Gasteiger partial charge in [0.1, 0.15) is 11.3 Å². The summed E-state index contributed by atoms with van der Waals surface area (Å²) in [6, 6.07) is 1.49. The van der Waals surface area contributed by atoms with Crippen molar-refractivity contribution in [1.29, 1.82) is 0 Å². The van der Waals surface area contributed by atoms with Gasteiger partial charge in [-0.25, -0.2) is 9.59 Å². The summed E-state index contributed by atoms with van der Waals surface area (Å²) in [5.41, 5.74) is 0.167. The van der Waals surface area contributed by atoms with E-state index in [-0.39, 0.29) is 5.69 Å². The molecular weight excluding hydrogens is 236 g/mol. The molecule has 0 spiro atoms. The summed E-state index contributed by atoms with van der Waals surface area (Å²) in [5.74, 6) is -0.463. The lowest BCUT2D eigenvalue weighted by Crippen LogP contribution is -2.27. The van der Waals surface area contributed by atoms with Crippen LogP contribution in [-0.4, -0.2) is 29.3 Å². The normalized spacial score (nSPS) is 10.9. The number of anilines is 1. The Morgan fingerprint density at radius 1 is 1.39 bits per heavy atom. The predicted molar refractivity (Wildman–Crippen MR) is 66.6 cm³/mol. The Morgan fingerprint density at radius 2 is 2.06 bits per heavy atom. The molecule has 6 heteroatoms. The summed E-state index contributed by atoms with van der Waals surface area (Å²) in [6.45, 7) is 7.34. The number of aromatic amines is 1. The number of esters is 1. The SMILES string of the molecule is CCOC(=O)c1cc(NC(=O)OC(C)(C)C)c[nH]1. The molecule has 1 rings (SSSR count). The van der Waals surface area contributed by atoms with Gasteiger partial charge in [-0.3, -0.25) is 5.32 Å². The number of hydrogen-bond acceptors (Lipinski definition) is 4. The van der Waals surface area contributed by atoms with E-state index in [1.165, 1.54) is 12.3 Å². The quantitative estimate of drug-likeness (QED) is 0.812. The maximum Gasteiger partial charge on any atom is 0.412 e. The molecule has 18 heavy (non-hydrogen) atoms. The summed E-state index contributed by atoms with van der Waals surface area (Å²) in [7, 11) is 0. The van der Waals surface area contributed by atoms with Crippen molar-refractivity contribution in [3.8, 4) is 0 Å². The molecule has 0 bridgehead atoms. The minimum absolute atomic E-state index is 0.280. The van der Waals surface area contributed by atoms with E-state index in [9.17, 15) is 9.59 Å². The Kier molecular flexibility index (Phi) is 4.36. The highest BCUT2D eigenvalue weighted by Crippen LogP contribution is 2.13. The molecule has 0 fully saturated rings. The van der Waals surface area contributed by atoms with Gasteiger partial charge < -0.3 is 14.5 Å². The number of ether oxygens (including phenoxy) is 2. The van der Waals surface area contributed by atoms with Crippen molar-refractivity contribution in [2.75, 3.05) is 11.9 Å². The van der Waals surface area contributed by atoms with Crippen LogP contribution in [0.25, 0.3) is 0 Å². The standard InChI is InChI=1S/C12H18N2O4/c1-5-17-10(15)9-6-8(7-13-9)14-11(16)18-12(2,3)4/h6-7,13H,5H2,1-4H3,(H,14,16). The van der Waals surface area contributed by atoms with Crippen molar-refractivity contribution < 1.29 is 19.1 Å². The molecule has 0 atom stereocenters. The smallest absolute Gasteiger partial charge is 0.412 e. The largest absolute Gasteiger partial charge is 0.461 e. The molecule has 1 heterocycles. The number of H-pyrrole nitrogens is 1. The first-order valence-electron chi connectivity index (χ1n) is 5.67. The highest BCUT2D eigenvalue weighted by atomic mass is 16.6. The Morgan fingerprint density at radius 3 is 2.61 bits per heavy atom. The van der Waals surface area contributed by atoms with E-state index in [1.54, 1.807) is 27.7 Å². The van der Waals surface area contributed by atoms with Crippen LogP contribution in [0.2, 0.25) is 0 Å². The number of aromatic nitrogens is 1. The number of carbonyl (C=O) groups is 2. The third kappa shape index (κ3) is 4.48. The molecule has 0 aliphatic carbocycles. The third-order valence-electron chi connectivity index (χ3n) is 1.82. The molecule has 0 aromatic carbocycles. The van der Waals surface area contributed by atoms with Crippen LogP contribution in [-0.2, 0) is 9.47 Å². The van der Waals surface area contributed by atoms with E-state index in [1.807, 2.05) is 0 Å². The number of amides is 1. The second-order valence-corrected chi connectivity index (χ2v) is 4.65. The second-order valence-electron chi connectivity index (χ2n) is 4.65. The zero-order valence-corrected chi connectivity index (χ0v) is 11.0. The van der Waals surface area contributed by atoms with Crippen LogP contribution < -0.4 is 5.32 Å². The van der Waals surface area contributed by atoms with Crippen molar-refractivity contribution in [2.24, 2.45) is 0 Å². The topological polar surface area (TPSA) is 80.4 Å². The van der Waals surface area contributed by atoms with Crippen LogP contribution in [0.4, 0.5) is 10.5 Å². The van der Waals surface area contributed by atoms with Gasteiger partial charge >= 0.3 is 12.1 Å². The Labute approximate surface area is 106 Å². The Balaban J connectivity index is 2.59. The van der Waals surface area contributed by atoms with Gasteiger partial charge in [0.05, 0.1) is 12.3 Å². The summed E-state index contributed by atoms with van der Waals surface area (Å²) >= 11 is 0. The van der Waals surface area contributed by atoms with Crippen LogP contribution >= 0.6 is 0 Å². The average molecular weight is 254 g/mol. The van der Waals surface area contributed by atoms with Crippen molar-refractivity contribution in [3.05, 3.63) is 18.0 Å². The maximum absolute atomic E-state index is 11.5. The molecule has 1 aromatic heterocycles. The number of rotatable bonds is 3. The number of nitrogens with one attached hydrogen (secondary N) is 2. The lowest BCUT2D eigenvalue weighted by atomic mass is 10.2. The number of carbonyl (C=O) groups excluding carboxylic acids is 2. The van der Waals surface area contributed by atoms with Gasteiger partial charge in [0, 0.05) is 6.20 Å². The average Bonchev–Trinajstić information content (AvgIpc) is 2.63. The van der Waals surface area contributed by atoms with Crippen LogP contribution in [0.15, 0.2) is 12.3 Å². The molecule has 0 aliphatic heterocycles. The van der Waals surface area contributed by atoms with Crippen LogP contribution in [0.3, 0.4) is 0 Å². The zero-order chi connectivity index (χ0) is 13.8. The van der Waals surface area contributed by atoms with Crippen LogP contribution in [0.1, 0.15) is 38.2 Å². The Hall–Kier alpha value is -1.98. The fourth-order valence-electron chi connectivity index (χ4n) is 1.21. The lowest BCUT2D eigenvalue weighted by molar-refractivity contribution is 0.0519. The summed E-state index contributed by atoms with van der Waals surface area (Å²) in [6.07, 6.45) is 0.924. The van der Waals surface area contributed by atoms with Crippen molar-refractivity contribution in [3.63, 3.8) is 0 Å². The molecule has 0 unspecified atom stereocenters. The number of hydrogen-bond donors (Lipinski definition) is 2. The van der Waals surface area contributed by atoms with Gasteiger partial charge in [-0.2, -0.15) is 0 Å². The van der Waals surface area contributed by atoms with Crippen molar-refractivity contribution >= 4 is 17.7 Å². The fourth-order valence-corrected chi connectivity index (χ4v) is 1.21. The first kappa shape index (κ1) is 14.1. The zero-order valence-electron chi connectivity index (χ0n) is 11.0.